The maximum absolute atomic E-state index is 12.4. The lowest BCUT2D eigenvalue weighted by atomic mass is 9.97. The maximum Gasteiger partial charge on any atom is 0.414 e. The van der Waals surface area contributed by atoms with Gasteiger partial charge in [-0.05, 0) is 55.8 Å². The van der Waals surface area contributed by atoms with Gasteiger partial charge in [0.2, 0.25) is 0 Å². The summed E-state index contributed by atoms with van der Waals surface area (Å²) in [6.07, 6.45) is 0.903. The van der Waals surface area contributed by atoms with E-state index in [4.69, 9.17) is 14.7 Å². The number of ether oxygens (including phenoxy) is 2. The molecule has 4 rings (SSSR count). The first kappa shape index (κ1) is 20.9. The van der Waals surface area contributed by atoms with Crippen molar-refractivity contribution in [3.8, 4) is 6.07 Å². The van der Waals surface area contributed by atoms with Crippen LogP contribution in [0.5, 0.6) is 0 Å². The SMILES string of the molecule is N#Cc1ccc(N2CC(CN3CCC(C(=O)OCc4ccccc4)CC3)OC2=O)cc1. The lowest BCUT2D eigenvalue weighted by Gasteiger charge is -2.31. The number of benzene rings is 2. The van der Waals surface area contributed by atoms with Crippen LogP contribution in [0.3, 0.4) is 0 Å². The van der Waals surface area contributed by atoms with E-state index in [1.165, 1.54) is 0 Å². The second-order valence-corrected chi connectivity index (χ2v) is 7.94. The van der Waals surface area contributed by atoms with Gasteiger partial charge in [-0.25, -0.2) is 4.79 Å². The number of anilines is 1. The van der Waals surface area contributed by atoms with Crippen molar-refractivity contribution in [1.82, 2.24) is 4.90 Å². The van der Waals surface area contributed by atoms with Crippen molar-refractivity contribution in [3.63, 3.8) is 0 Å². The lowest BCUT2D eigenvalue weighted by Crippen LogP contribution is -2.41. The minimum absolute atomic E-state index is 0.0822. The highest BCUT2D eigenvalue weighted by Gasteiger charge is 2.35. The third-order valence-electron chi connectivity index (χ3n) is 5.79. The van der Waals surface area contributed by atoms with Crippen molar-refractivity contribution in [2.45, 2.75) is 25.6 Å². The molecule has 0 radical (unpaired) electrons. The zero-order chi connectivity index (χ0) is 21.6. The predicted octanol–water partition coefficient (Wildman–Crippen LogP) is 3.34. The Morgan fingerprint density at radius 3 is 2.48 bits per heavy atom. The number of hydrogen-bond donors (Lipinski definition) is 0. The number of carbonyl (C=O) groups excluding carboxylic acids is 2. The first-order valence-electron chi connectivity index (χ1n) is 10.5. The molecule has 0 aromatic heterocycles. The van der Waals surface area contributed by atoms with E-state index in [1.807, 2.05) is 30.3 Å². The summed E-state index contributed by atoms with van der Waals surface area (Å²) in [5.41, 5.74) is 2.27. The third-order valence-corrected chi connectivity index (χ3v) is 5.79. The van der Waals surface area contributed by atoms with Crippen LogP contribution in [0.4, 0.5) is 10.5 Å². The summed E-state index contributed by atoms with van der Waals surface area (Å²) in [6, 6.07) is 18.7. The van der Waals surface area contributed by atoms with Crippen LogP contribution in [0, 0.1) is 17.2 Å². The summed E-state index contributed by atoms with van der Waals surface area (Å²) in [5.74, 6) is -0.218. The Hall–Kier alpha value is -3.37. The monoisotopic (exact) mass is 419 g/mol. The van der Waals surface area contributed by atoms with E-state index >= 15 is 0 Å². The summed E-state index contributed by atoms with van der Waals surface area (Å²) in [5, 5.41) is 8.92. The Morgan fingerprint density at radius 2 is 1.81 bits per heavy atom. The fourth-order valence-corrected chi connectivity index (χ4v) is 4.03. The number of nitriles is 1. The molecule has 0 aliphatic carbocycles. The molecule has 2 aromatic rings. The fourth-order valence-electron chi connectivity index (χ4n) is 4.03. The minimum Gasteiger partial charge on any atom is -0.461 e. The first-order valence-corrected chi connectivity index (χ1v) is 10.5. The van der Waals surface area contributed by atoms with Gasteiger partial charge in [0.15, 0.2) is 0 Å². The highest BCUT2D eigenvalue weighted by atomic mass is 16.6. The summed E-state index contributed by atoms with van der Waals surface area (Å²) in [4.78, 5) is 28.5. The van der Waals surface area contributed by atoms with Crippen LogP contribution in [0.15, 0.2) is 54.6 Å². The summed E-state index contributed by atoms with van der Waals surface area (Å²) < 4.78 is 11.0. The molecule has 7 heteroatoms. The van der Waals surface area contributed by atoms with E-state index in [9.17, 15) is 9.59 Å². The molecule has 160 valence electrons. The number of amides is 1. The fraction of sp³-hybridized carbons (Fsp3) is 0.375. The number of cyclic esters (lactones) is 1. The Morgan fingerprint density at radius 1 is 1.10 bits per heavy atom. The van der Waals surface area contributed by atoms with Crippen molar-refractivity contribution in [3.05, 3.63) is 65.7 Å². The van der Waals surface area contributed by atoms with Gasteiger partial charge in [0.05, 0.1) is 24.1 Å². The lowest BCUT2D eigenvalue weighted by molar-refractivity contribution is -0.151. The molecule has 31 heavy (non-hydrogen) atoms. The number of rotatable bonds is 6. The molecule has 1 unspecified atom stereocenters. The minimum atomic E-state index is -0.367. The summed E-state index contributed by atoms with van der Waals surface area (Å²) in [7, 11) is 0. The van der Waals surface area contributed by atoms with Crippen molar-refractivity contribution < 1.29 is 19.1 Å². The van der Waals surface area contributed by atoms with Crippen LogP contribution in [0.25, 0.3) is 0 Å². The van der Waals surface area contributed by atoms with Gasteiger partial charge >= 0.3 is 12.1 Å². The number of piperidine rings is 1. The maximum atomic E-state index is 12.4. The quantitative estimate of drug-likeness (QED) is 0.668. The molecule has 2 aliphatic rings. The van der Waals surface area contributed by atoms with Crippen LogP contribution in [-0.2, 0) is 20.9 Å². The number of hydrogen-bond acceptors (Lipinski definition) is 6. The van der Waals surface area contributed by atoms with Gasteiger partial charge in [-0.3, -0.25) is 14.6 Å². The molecule has 0 spiro atoms. The van der Waals surface area contributed by atoms with Crippen molar-refractivity contribution >= 4 is 17.7 Å². The Bertz CT molecular complexity index is 947. The second-order valence-electron chi connectivity index (χ2n) is 7.94. The largest absolute Gasteiger partial charge is 0.461 e. The zero-order valence-corrected chi connectivity index (χ0v) is 17.3. The number of nitrogens with zero attached hydrogens (tertiary/aromatic N) is 3. The van der Waals surface area contributed by atoms with E-state index < -0.39 is 0 Å². The molecule has 1 amide bonds. The van der Waals surface area contributed by atoms with Gasteiger partial charge in [0.1, 0.15) is 12.7 Å². The van der Waals surface area contributed by atoms with Crippen molar-refractivity contribution in [2.24, 2.45) is 5.92 Å². The van der Waals surface area contributed by atoms with Crippen LogP contribution in [0.2, 0.25) is 0 Å². The van der Waals surface area contributed by atoms with Crippen LogP contribution in [-0.4, -0.2) is 49.2 Å². The van der Waals surface area contributed by atoms with Crippen molar-refractivity contribution in [1.29, 1.82) is 5.26 Å². The highest BCUT2D eigenvalue weighted by molar-refractivity contribution is 5.89. The number of carbonyl (C=O) groups is 2. The van der Waals surface area contributed by atoms with Gasteiger partial charge in [-0.15, -0.1) is 0 Å². The first-order chi connectivity index (χ1) is 15.1. The van der Waals surface area contributed by atoms with E-state index in [1.54, 1.807) is 29.2 Å². The predicted molar refractivity (Wildman–Crippen MR) is 114 cm³/mol. The molecule has 0 bridgehead atoms. The van der Waals surface area contributed by atoms with Crippen LogP contribution >= 0.6 is 0 Å². The zero-order valence-electron chi connectivity index (χ0n) is 17.3. The molecule has 2 fully saturated rings. The molecule has 0 saturated carbocycles. The van der Waals surface area contributed by atoms with E-state index in [0.717, 1.165) is 37.2 Å². The Kier molecular flexibility index (Phi) is 6.48. The molecule has 2 saturated heterocycles. The molecule has 0 N–H and O–H groups in total. The summed E-state index contributed by atoms with van der Waals surface area (Å²) >= 11 is 0. The molecular formula is C24H25N3O4. The smallest absolute Gasteiger partial charge is 0.414 e. The van der Waals surface area contributed by atoms with Gasteiger partial charge in [0.25, 0.3) is 0 Å². The second kappa shape index (κ2) is 9.63. The van der Waals surface area contributed by atoms with Gasteiger partial charge in [0, 0.05) is 12.2 Å². The number of likely N-dealkylation sites (tertiary alicyclic amines) is 1. The Balaban J connectivity index is 1.22. The highest BCUT2D eigenvalue weighted by Crippen LogP contribution is 2.24. The third kappa shape index (κ3) is 5.22. The topological polar surface area (TPSA) is 82.9 Å². The Labute approximate surface area is 181 Å². The van der Waals surface area contributed by atoms with Gasteiger partial charge in [-0.2, -0.15) is 5.26 Å². The van der Waals surface area contributed by atoms with E-state index in [0.29, 0.717) is 25.3 Å². The van der Waals surface area contributed by atoms with E-state index in [-0.39, 0.29) is 24.1 Å². The summed E-state index contributed by atoms with van der Waals surface area (Å²) in [6.45, 7) is 2.98. The van der Waals surface area contributed by atoms with Crippen molar-refractivity contribution in [2.75, 3.05) is 31.1 Å². The van der Waals surface area contributed by atoms with Crippen LogP contribution in [0.1, 0.15) is 24.0 Å². The normalized spacial score (nSPS) is 19.6. The molecule has 2 heterocycles. The molecule has 7 nitrogen and oxygen atoms in total. The molecular weight excluding hydrogens is 394 g/mol. The molecule has 2 aliphatic heterocycles. The van der Waals surface area contributed by atoms with Crippen LogP contribution < -0.4 is 4.90 Å². The average Bonchev–Trinajstić information content (AvgIpc) is 3.18. The average molecular weight is 419 g/mol. The number of esters is 1. The van der Waals surface area contributed by atoms with E-state index in [2.05, 4.69) is 11.0 Å². The van der Waals surface area contributed by atoms with Gasteiger partial charge < -0.3 is 9.47 Å². The standard InChI is InChI=1S/C24H25N3O4/c25-14-18-6-8-21(9-7-18)27-16-22(31-24(27)29)15-26-12-10-20(11-13-26)23(28)30-17-19-4-2-1-3-5-19/h1-9,20,22H,10-13,15-17H2. The molecule has 2 aromatic carbocycles. The van der Waals surface area contributed by atoms with Gasteiger partial charge in [-0.1, -0.05) is 30.3 Å². The molecule has 1 atom stereocenters.